The topological polar surface area (TPSA) is 155 Å². The molecule has 120 valence electrons. The first kappa shape index (κ1) is 21.5. The van der Waals surface area contributed by atoms with E-state index in [1.807, 2.05) is 0 Å². The molecule has 0 saturated carbocycles. The van der Waals surface area contributed by atoms with Crippen LogP contribution in [0.3, 0.4) is 0 Å². The molecule has 23 heavy (non-hydrogen) atoms. The third-order valence-electron chi connectivity index (χ3n) is 2.21. The summed E-state index contributed by atoms with van der Waals surface area (Å²) in [6.45, 7) is 0. The van der Waals surface area contributed by atoms with Gasteiger partial charge in [0.15, 0.2) is 0 Å². The second kappa shape index (κ2) is 8.37. The molecule has 0 fully saturated rings. The molecule has 11 heteroatoms. The molecule has 0 bridgehead atoms. The average Bonchev–Trinajstić information content (AvgIpc) is 2.37. The van der Waals surface area contributed by atoms with Crippen LogP contribution in [-0.4, -0.2) is 31.0 Å². The van der Waals surface area contributed by atoms with Gasteiger partial charge in [-0.15, -0.1) is 5.75 Å². The van der Waals surface area contributed by atoms with E-state index in [4.69, 9.17) is 9.66 Å². The molecule has 0 aliphatic carbocycles. The van der Waals surface area contributed by atoms with Crippen molar-refractivity contribution < 1.29 is 55.6 Å². The molecule has 2 N–H and O–H groups in total. The molecule has 0 unspecified atom stereocenters. The van der Waals surface area contributed by atoms with E-state index in [0.717, 1.165) is 18.2 Å². The van der Waals surface area contributed by atoms with Gasteiger partial charge >= 0.3 is 19.5 Å². The summed E-state index contributed by atoms with van der Waals surface area (Å²) >= 11 is 0. The predicted molar refractivity (Wildman–Crippen MR) is 71.8 cm³/mol. The van der Waals surface area contributed by atoms with Gasteiger partial charge in [0.25, 0.3) is 10.1 Å². The largest absolute Gasteiger partial charge is 2.00 e. The van der Waals surface area contributed by atoms with Gasteiger partial charge in [0.05, 0.1) is 9.79 Å². The van der Waals surface area contributed by atoms with Crippen molar-refractivity contribution in [3.63, 3.8) is 0 Å². The first-order valence-corrected chi connectivity index (χ1v) is 8.34. The minimum absolute atomic E-state index is 0. The zero-order valence-corrected chi connectivity index (χ0v) is 16.1. The van der Waals surface area contributed by atoms with Crippen molar-refractivity contribution in [2.75, 3.05) is 0 Å². The van der Waals surface area contributed by atoms with Crippen molar-refractivity contribution in [3.8, 4) is 11.5 Å². The Hall–Kier alpha value is -1.52. The summed E-state index contributed by atoms with van der Waals surface area (Å²) in [5.41, 5.74) is 0. The van der Waals surface area contributed by atoms with Gasteiger partial charge in [-0.05, 0) is 18.2 Å². The van der Waals surface area contributed by atoms with Crippen LogP contribution in [0.4, 0.5) is 0 Å². The molecule has 2 aromatic carbocycles. The van der Waals surface area contributed by atoms with Crippen molar-refractivity contribution in [2.45, 2.75) is 9.79 Å². The Morgan fingerprint density at radius 1 is 0.870 bits per heavy atom. The molecular formula is C12H10O8S2Zn. The molecule has 2 aromatic rings. The number of aromatic hydroxyl groups is 1. The van der Waals surface area contributed by atoms with Gasteiger partial charge in [0, 0.05) is 6.07 Å². The number of hydrogen-bond acceptors (Lipinski definition) is 7. The van der Waals surface area contributed by atoms with Crippen molar-refractivity contribution in [1.82, 2.24) is 0 Å². The quantitative estimate of drug-likeness (QED) is 0.528. The van der Waals surface area contributed by atoms with Gasteiger partial charge in [-0.3, -0.25) is 4.55 Å². The van der Waals surface area contributed by atoms with E-state index in [0.29, 0.717) is 0 Å². The second-order valence-corrected chi connectivity index (χ2v) is 6.70. The molecule has 0 amide bonds. The Kier molecular flexibility index (Phi) is 7.82. The van der Waals surface area contributed by atoms with Crippen molar-refractivity contribution >= 4 is 20.2 Å². The monoisotopic (exact) mass is 410 g/mol. The van der Waals surface area contributed by atoms with E-state index >= 15 is 0 Å². The molecule has 0 atom stereocenters. The van der Waals surface area contributed by atoms with Crippen LogP contribution in [0.25, 0.3) is 0 Å². The third-order valence-corrected chi connectivity index (χ3v) is 3.89. The van der Waals surface area contributed by atoms with E-state index in [-0.39, 0.29) is 30.1 Å². The standard InChI is InChI=1S/2C6H6O4S.Zn/c2*7-5-2-1-3-6(4-5)11(8,9)10;/h2*1-4,7H,(H,8,9,10);/q;;+2/p-2. The maximum absolute atomic E-state index is 10.5. The summed E-state index contributed by atoms with van der Waals surface area (Å²) < 4.78 is 60.2. The second-order valence-electron chi connectivity index (χ2n) is 3.90. The first-order chi connectivity index (χ1) is 10.00. The Balaban J connectivity index is 0.000000403. The van der Waals surface area contributed by atoms with E-state index in [9.17, 15) is 26.5 Å². The minimum Gasteiger partial charge on any atom is -0.872 e. The summed E-state index contributed by atoms with van der Waals surface area (Å²) in [6, 6.07) is 9.09. The van der Waals surface area contributed by atoms with Crippen LogP contribution >= 0.6 is 0 Å². The summed E-state index contributed by atoms with van der Waals surface area (Å²) in [5.74, 6) is -0.679. The summed E-state index contributed by atoms with van der Waals surface area (Å²) in [6.07, 6.45) is 0. The number of hydrogen-bond donors (Lipinski definition) is 2. The van der Waals surface area contributed by atoms with Gasteiger partial charge in [0.1, 0.15) is 15.9 Å². The molecule has 0 aliphatic heterocycles. The summed E-state index contributed by atoms with van der Waals surface area (Å²) in [4.78, 5) is -0.789. The van der Waals surface area contributed by atoms with Crippen molar-refractivity contribution in [2.24, 2.45) is 0 Å². The normalized spacial score (nSPS) is 10.9. The zero-order valence-electron chi connectivity index (χ0n) is 11.5. The van der Waals surface area contributed by atoms with Crippen molar-refractivity contribution in [1.29, 1.82) is 0 Å². The van der Waals surface area contributed by atoms with Crippen LogP contribution in [0.15, 0.2) is 58.3 Å². The number of phenols is 1. The molecule has 0 radical (unpaired) electrons. The summed E-state index contributed by atoms with van der Waals surface area (Å²) in [7, 11) is -8.66. The van der Waals surface area contributed by atoms with Crippen LogP contribution in [0, 0.1) is 0 Å². The van der Waals surface area contributed by atoms with E-state index in [1.54, 1.807) is 0 Å². The Bertz CT molecular complexity index is 789. The smallest absolute Gasteiger partial charge is 0.872 e. The molecule has 0 aromatic heterocycles. The van der Waals surface area contributed by atoms with Gasteiger partial charge in [0.2, 0.25) is 0 Å². The van der Waals surface area contributed by atoms with Crippen LogP contribution < -0.4 is 5.11 Å². The van der Waals surface area contributed by atoms with Crippen molar-refractivity contribution in [3.05, 3.63) is 48.5 Å². The van der Waals surface area contributed by atoms with Crippen LogP contribution in [-0.2, 0) is 39.7 Å². The maximum atomic E-state index is 10.5. The molecule has 0 aliphatic rings. The maximum Gasteiger partial charge on any atom is 2.00 e. The van der Waals surface area contributed by atoms with Gasteiger partial charge in [-0.2, -0.15) is 8.42 Å². The van der Waals surface area contributed by atoms with Crippen LogP contribution in [0.2, 0.25) is 0 Å². The zero-order chi connectivity index (χ0) is 17.0. The average molecular weight is 412 g/mol. The van der Waals surface area contributed by atoms with Crippen LogP contribution in [0.1, 0.15) is 0 Å². The summed E-state index contributed by atoms with van der Waals surface area (Å²) in [5, 5.41) is 19.3. The molecule has 8 nitrogen and oxygen atoms in total. The van der Waals surface area contributed by atoms with E-state index in [1.165, 1.54) is 30.3 Å². The van der Waals surface area contributed by atoms with Gasteiger partial charge < -0.3 is 14.8 Å². The SMILES string of the molecule is O=S(=O)(O)c1cccc(O)c1.O=S(=O)([O-])c1cccc([O-])c1.[Zn+2]. The first-order valence-electron chi connectivity index (χ1n) is 5.49. The molecule has 2 rings (SSSR count). The number of phenolic OH excluding ortho intramolecular Hbond substituents is 1. The van der Waals surface area contributed by atoms with E-state index in [2.05, 4.69) is 0 Å². The van der Waals surface area contributed by atoms with Gasteiger partial charge in [-0.25, -0.2) is 8.42 Å². The molecule has 0 heterocycles. The van der Waals surface area contributed by atoms with Crippen LogP contribution in [0.5, 0.6) is 11.5 Å². The Labute approximate surface area is 145 Å². The van der Waals surface area contributed by atoms with Gasteiger partial charge in [-0.1, -0.05) is 24.3 Å². The third kappa shape index (κ3) is 7.53. The fourth-order valence-electron chi connectivity index (χ4n) is 1.27. The Morgan fingerprint density at radius 3 is 1.74 bits per heavy atom. The Morgan fingerprint density at radius 2 is 1.39 bits per heavy atom. The fourth-order valence-corrected chi connectivity index (χ4v) is 2.30. The van der Waals surface area contributed by atoms with E-state index < -0.39 is 30.9 Å². The molecule has 0 saturated heterocycles. The fraction of sp³-hybridized carbons (Fsp3) is 0. The number of benzene rings is 2. The number of rotatable bonds is 2. The predicted octanol–water partition coefficient (Wildman–Crippen LogP) is 0.301. The minimum atomic E-state index is -4.48. The molecule has 0 spiro atoms. The molecular weight excluding hydrogens is 402 g/mol.